The molecule has 1 radical (unpaired) electrons. The summed E-state index contributed by atoms with van der Waals surface area (Å²) < 4.78 is 9.77. The van der Waals surface area contributed by atoms with Crippen LogP contribution in [0.2, 0.25) is 0 Å². The molecule has 4 atom stereocenters. The maximum Gasteiger partial charge on any atom is 0.115 e. The minimum Gasteiger partial charge on any atom is -0.394 e. The predicted octanol–water partition coefficient (Wildman–Crippen LogP) is -1.72. The Kier molecular flexibility index (Phi) is 3.42. The minimum atomic E-state index is -1.06. The largest absolute Gasteiger partial charge is 0.394 e. The molecule has 0 aromatic rings. The van der Waals surface area contributed by atoms with Crippen LogP contribution in [0.5, 0.6) is 0 Å². The molecule has 0 bridgehead atoms. The first-order valence-corrected chi connectivity index (χ1v) is 3.69. The molecule has 0 amide bonds. The van der Waals surface area contributed by atoms with Gasteiger partial charge in [-0.3, -0.25) is 0 Å². The van der Waals surface area contributed by atoms with Crippen LogP contribution in [0.4, 0.5) is 0 Å². The Hall–Kier alpha value is -0.200. The molecule has 0 aromatic carbocycles. The first-order chi connectivity index (χ1) is 5.70. The van der Waals surface area contributed by atoms with Gasteiger partial charge in [0.05, 0.1) is 6.61 Å². The molecule has 0 aliphatic carbocycles. The lowest BCUT2D eigenvalue weighted by molar-refractivity contribution is -0.180. The third kappa shape index (κ3) is 1.75. The van der Waals surface area contributed by atoms with Crippen LogP contribution in [0.25, 0.3) is 0 Å². The lowest BCUT2D eigenvalue weighted by Gasteiger charge is -2.35. The monoisotopic (exact) mass is 177 g/mol. The zero-order chi connectivity index (χ0) is 9.14. The van der Waals surface area contributed by atoms with Gasteiger partial charge in [0.2, 0.25) is 0 Å². The van der Waals surface area contributed by atoms with Crippen molar-refractivity contribution < 1.29 is 24.8 Å². The van der Waals surface area contributed by atoms with Crippen LogP contribution in [0.1, 0.15) is 0 Å². The second kappa shape index (κ2) is 4.15. The fraction of sp³-hybridized carbons (Fsp3) is 0.857. The van der Waals surface area contributed by atoms with Crippen LogP contribution in [-0.2, 0) is 9.47 Å². The molecule has 0 saturated carbocycles. The Labute approximate surface area is 70.5 Å². The summed E-state index contributed by atoms with van der Waals surface area (Å²) in [5, 5.41) is 27.2. The normalized spacial score (nSPS) is 43.0. The van der Waals surface area contributed by atoms with Crippen LogP contribution < -0.4 is 0 Å². The van der Waals surface area contributed by atoms with Crippen molar-refractivity contribution in [2.45, 2.75) is 24.4 Å². The summed E-state index contributed by atoms with van der Waals surface area (Å²) in [5.74, 6) is 0. The molecule has 0 unspecified atom stereocenters. The summed E-state index contributed by atoms with van der Waals surface area (Å²) in [6.45, 7) is 0.847. The molecule has 1 heterocycles. The van der Waals surface area contributed by atoms with Crippen molar-refractivity contribution in [3.8, 4) is 0 Å². The number of ether oxygens (including phenoxy) is 2. The Morgan fingerprint density at radius 2 is 2.17 bits per heavy atom. The number of hydrogen-bond donors (Lipinski definition) is 3. The van der Waals surface area contributed by atoms with Crippen molar-refractivity contribution in [1.29, 1.82) is 0 Å². The van der Waals surface area contributed by atoms with Gasteiger partial charge in [0, 0.05) is 7.11 Å². The molecule has 1 aliphatic rings. The van der Waals surface area contributed by atoms with E-state index in [1.54, 1.807) is 0 Å². The topological polar surface area (TPSA) is 79.2 Å². The Morgan fingerprint density at radius 3 is 2.67 bits per heavy atom. The maximum atomic E-state index is 9.34. The van der Waals surface area contributed by atoms with E-state index >= 15 is 0 Å². The lowest BCUT2D eigenvalue weighted by Crippen LogP contribution is -2.53. The highest BCUT2D eigenvalue weighted by atomic mass is 16.6. The van der Waals surface area contributed by atoms with Crippen LogP contribution >= 0.6 is 0 Å². The predicted molar refractivity (Wildman–Crippen MR) is 39.1 cm³/mol. The van der Waals surface area contributed by atoms with Gasteiger partial charge in [-0.15, -0.1) is 0 Å². The highest BCUT2D eigenvalue weighted by Gasteiger charge is 2.38. The van der Waals surface area contributed by atoms with Crippen molar-refractivity contribution in [3.63, 3.8) is 0 Å². The first-order valence-electron chi connectivity index (χ1n) is 3.69. The number of hydrogen-bond acceptors (Lipinski definition) is 5. The Balaban J connectivity index is 2.58. The summed E-state index contributed by atoms with van der Waals surface area (Å²) in [6.07, 6.45) is -3.39. The molecule has 3 N–H and O–H groups in total. The summed E-state index contributed by atoms with van der Waals surface area (Å²) in [5.41, 5.74) is 0. The van der Waals surface area contributed by atoms with Crippen LogP contribution in [0.15, 0.2) is 0 Å². The molecule has 5 heteroatoms. The zero-order valence-corrected chi connectivity index (χ0v) is 6.75. The average Bonchev–Trinajstić information content (AvgIpc) is 2.09. The summed E-state index contributed by atoms with van der Waals surface area (Å²) in [6, 6.07) is 0. The molecule has 5 nitrogen and oxygen atoms in total. The average molecular weight is 177 g/mol. The second-order valence-corrected chi connectivity index (χ2v) is 2.67. The second-order valence-electron chi connectivity index (χ2n) is 2.67. The van der Waals surface area contributed by atoms with Crippen molar-refractivity contribution in [2.24, 2.45) is 0 Å². The molecule has 71 valence electrons. The smallest absolute Gasteiger partial charge is 0.115 e. The highest BCUT2D eigenvalue weighted by Crippen LogP contribution is 2.19. The van der Waals surface area contributed by atoms with Gasteiger partial charge < -0.3 is 24.8 Å². The van der Waals surface area contributed by atoms with E-state index in [9.17, 15) is 5.11 Å². The third-order valence-corrected chi connectivity index (χ3v) is 1.90. The molecule has 0 spiro atoms. The van der Waals surface area contributed by atoms with E-state index in [2.05, 4.69) is 0 Å². The molecular weight excluding hydrogens is 164 g/mol. The molecule has 1 saturated heterocycles. The minimum absolute atomic E-state index is 0.251. The molecule has 1 aliphatic heterocycles. The lowest BCUT2D eigenvalue weighted by atomic mass is 10.0. The molecule has 1 fully saturated rings. The SMILES string of the molecule is CO[C@H]1[C@H](O)[C@@H](O)[CH]O[C@@H]1CO. The van der Waals surface area contributed by atoms with E-state index in [0.29, 0.717) is 0 Å². The molecule has 12 heavy (non-hydrogen) atoms. The van der Waals surface area contributed by atoms with Gasteiger partial charge in [0.1, 0.15) is 31.0 Å². The van der Waals surface area contributed by atoms with Crippen molar-refractivity contribution in [1.82, 2.24) is 0 Å². The third-order valence-electron chi connectivity index (χ3n) is 1.90. The number of aliphatic hydroxyl groups is 3. The Bertz CT molecular complexity index is 138. The molecule has 0 aromatic heterocycles. The van der Waals surface area contributed by atoms with E-state index < -0.39 is 24.4 Å². The van der Waals surface area contributed by atoms with E-state index in [-0.39, 0.29) is 6.61 Å². The van der Waals surface area contributed by atoms with Crippen LogP contribution in [0.3, 0.4) is 0 Å². The fourth-order valence-electron chi connectivity index (χ4n) is 1.19. The zero-order valence-electron chi connectivity index (χ0n) is 6.75. The van der Waals surface area contributed by atoms with Crippen LogP contribution in [-0.4, -0.2) is 53.5 Å². The van der Waals surface area contributed by atoms with E-state index in [0.717, 1.165) is 6.61 Å². The van der Waals surface area contributed by atoms with Crippen LogP contribution in [0, 0.1) is 6.61 Å². The van der Waals surface area contributed by atoms with E-state index in [1.807, 2.05) is 0 Å². The standard InChI is InChI=1S/C7H13O5/c1-11-7-5(2-8)12-3-4(9)6(7)10/h3-10H,2H2,1H3/t4-,5+,6+,7+/m0/s1. The maximum absolute atomic E-state index is 9.34. The first kappa shape index (κ1) is 9.88. The van der Waals surface area contributed by atoms with Crippen molar-refractivity contribution in [3.05, 3.63) is 6.61 Å². The number of methoxy groups -OCH3 is 1. The van der Waals surface area contributed by atoms with Crippen molar-refractivity contribution in [2.75, 3.05) is 13.7 Å². The van der Waals surface area contributed by atoms with Gasteiger partial charge in [-0.25, -0.2) is 0 Å². The fourth-order valence-corrected chi connectivity index (χ4v) is 1.19. The van der Waals surface area contributed by atoms with Gasteiger partial charge in [-0.05, 0) is 0 Å². The van der Waals surface area contributed by atoms with E-state index in [1.165, 1.54) is 7.11 Å². The molecular formula is C7H13O5. The summed E-state index contributed by atoms with van der Waals surface area (Å²) in [4.78, 5) is 0. The van der Waals surface area contributed by atoms with Crippen molar-refractivity contribution >= 4 is 0 Å². The van der Waals surface area contributed by atoms with Gasteiger partial charge >= 0.3 is 0 Å². The van der Waals surface area contributed by atoms with Gasteiger partial charge in [-0.2, -0.15) is 0 Å². The summed E-state index contributed by atoms with van der Waals surface area (Å²) in [7, 11) is 1.39. The molecule has 1 rings (SSSR count). The quantitative estimate of drug-likeness (QED) is 0.467. The summed E-state index contributed by atoms with van der Waals surface area (Å²) >= 11 is 0. The van der Waals surface area contributed by atoms with Gasteiger partial charge in [0.15, 0.2) is 0 Å². The highest BCUT2D eigenvalue weighted by molar-refractivity contribution is 4.92. The van der Waals surface area contributed by atoms with Gasteiger partial charge in [-0.1, -0.05) is 0 Å². The number of rotatable bonds is 2. The Morgan fingerprint density at radius 1 is 1.50 bits per heavy atom. The van der Waals surface area contributed by atoms with E-state index in [4.69, 9.17) is 19.7 Å². The number of aliphatic hydroxyl groups excluding tert-OH is 3. The van der Waals surface area contributed by atoms with Gasteiger partial charge in [0.25, 0.3) is 0 Å².